The second-order valence-electron chi connectivity index (χ2n) is 5.55. The minimum absolute atomic E-state index is 0.206. The molecule has 22 heavy (non-hydrogen) atoms. The second-order valence-corrected chi connectivity index (χ2v) is 7.58. The van der Waals surface area contributed by atoms with Gasteiger partial charge in [0, 0.05) is 0 Å². The summed E-state index contributed by atoms with van der Waals surface area (Å²) in [5.74, 6) is 0. The summed E-state index contributed by atoms with van der Waals surface area (Å²) in [7, 11) is -5.34. The van der Waals surface area contributed by atoms with Crippen molar-refractivity contribution in [3.63, 3.8) is 0 Å². The van der Waals surface area contributed by atoms with E-state index in [-0.39, 0.29) is 11.1 Å². The first kappa shape index (κ1) is 15.1. The highest BCUT2D eigenvalue weighted by atomic mass is 32.2. The van der Waals surface area contributed by atoms with Gasteiger partial charge in [0.05, 0.1) is 0 Å². The number of hydrogen-bond acceptors (Lipinski definition) is 2. The number of fused-ring (bicyclic) bond motifs is 3. The summed E-state index contributed by atoms with van der Waals surface area (Å²) in [6.45, 7) is 3.46. The second kappa shape index (κ2) is 4.59. The van der Waals surface area contributed by atoms with Crippen LogP contribution in [0.3, 0.4) is 0 Å². The van der Waals surface area contributed by atoms with Gasteiger partial charge < -0.3 is 0 Å². The summed E-state index contributed by atoms with van der Waals surface area (Å²) in [4.78, 5) is 0. The van der Waals surface area contributed by atoms with Crippen LogP contribution in [0, 0.1) is 13.8 Å². The van der Waals surface area contributed by atoms with E-state index in [2.05, 4.69) is 0 Å². The Bertz CT molecular complexity index is 816. The van der Waals surface area contributed by atoms with Gasteiger partial charge in [0.2, 0.25) is 0 Å². The molecule has 0 unspecified atom stereocenters. The quantitative estimate of drug-likeness (QED) is 0.782. The normalized spacial score (nSPS) is 14.8. The van der Waals surface area contributed by atoms with Gasteiger partial charge in [0.15, 0.2) is 0 Å². The fourth-order valence-electron chi connectivity index (χ4n) is 2.92. The van der Waals surface area contributed by atoms with E-state index in [1.165, 1.54) is 12.1 Å². The lowest BCUT2D eigenvalue weighted by atomic mass is 10.0. The maximum Gasteiger partial charge on any atom is 0.498 e. The Morgan fingerprint density at radius 2 is 1.27 bits per heavy atom. The van der Waals surface area contributed by atoms with E-state index in [4.69, 9.17) is 0 Å². The van der Waals surface area contributed by atoms with Gasteiger partial charge in [-0.25, -0.2) is 8.42 Å². The molecule has 116 valence electrons. The lowest BCUT2D eigenvalue weighted by Gasteiger charge is -2.17. The minimum atomic E-state index is -5.34. The molecule has 2 nitrogen and oxygen atoms in total. The van der Waals surface area contributed by atoms with Crippen LogP contribution in [0.15, 0.2) is 36.4 Å². The first-order valence-electron chi connectivity index (χ1n) is 6.64. The smallest absolute Gasteiger partial charge is 0.219 e. The van der Waals surface area contributed by atoms with Crippen LogP contribution in [0.25, 0.3) is 11.1 Å². The highest BCUT2D eigenvalue weighted by molar-refractivity contribution is 7.92. The molecule has 0 saturated heterocycles. The molecule has 0 N–H and O–H groups in total. The zero-order valence-corrected chi connectivity index (χ0v) is 12.7. The van der Waals surface area contributed by atoms with Crippen LogP contribution < -0.4 is 0 Å². The number of aryl methyl sites for hydroxylation is 2. The number of sulfone groups is 1. The van der Waals surface area contributed by atoms with Crippen LogP contribution in [0.4, 0.5) is 13.2 Å². The number of rotatable bonds is 1. The van der Waals surface area contributed by atoms with E-state index in [0.717, 1.165) is 11.1 Å². The van der Waals surface area contributed by atoms with Crippen molar-refractivity contribution in [2.45, 2.75) is 24.6 Å². The highest BCUT2D eigenvalue weighted by Crippen LogP contribution is 2.51. The van der Waals surface area contributed by atoms with Crippen molar-refractivity contribution < 1.29 is 21.6 Å². The van der Waals surface area contributed by atoms with Gasteiger partial charge in [0.25, 0.3) is 9.84 Å². The summed E-state index contributed by atoms with van der Waals surface area (Å²) < 4.78 is 63.4. The Hall–Kier alpha value is -1.82. The lowest BCUT2D eigenvalue weighted by molar-refractivity contribution is -0.0441. The standard InChI is InChI=1S/C16H13F3O2S/c1-9-3-5-11-12-6-4-10(2)8-14(12)15(13(11)7-9)22(20,21)16(17,18)19/h3-8,15H,1-2H3. The molecule has 1 aliphatic rings. The average molecular weight is 326 g/mol. The molecule has 0 fully saturated rings. The van der Waals surface area contributed by atoms with E-state index in [1.54, 1.807) is 38.1 Å². The third-order valence-corrected chi connectivity index (χ3v) is 5.68. The fraction of sp³-hybridized carbons (Fsp3) is 0.250. The number of benzene rings is 2. The lowest BCUT2D eigenvalue weighted by Crippen LogP contribution is -2.29. The Morgan fingerprint density at radius 3 is 1.64 bits per heavy atom. The predicted octanol–water partition coefficient (Wildman–Crippen LogP) is 4.31. The summed E-state index contributed by atoms with van der Waals surface area (Å²) in [6.07, 6.45) is 0. The molecule has 2 aromatic rings. The van der Waals surface area contributed by atoms with Crippen LogP contribution in [0.5, 0.6) is 0 Å². The van der Waals surface area contributed by atoms with Crippen molar-refractivity contribution in [1.82, 2.24) is 0 Å². The maximum atomic E-state index is 13.1. The molecule has 0 heterocycles. The summed E-state index contributed by atoms with van der Waals surface area (Å²) in [6, 6.07) is 9.96. The van der Waals surface area contributed by atoms with Crippen molar-refractivity contribution in [3.05, 3.63) is 58.7 Å². The Morgan fingerprint density at radius 1 is 0.864 bits per heavy atom. The van der Waals surface area contributed by atoms with Gasteiger partial charge in [0.1, 0.15) is 5.25 Å². The minimum Gasteiger partial charge on any atom is -0.219 e. The third-order valence-electron chi connectivity index (χ3n) is 3.90. The molecule has 2 aromatic carbocycles. The van der Waals surface area contributed by atoms with Gasteiger partial charge >= 0.3 is 5.51 Å². The van der Waals surface area contributed by atoms with E-state index in [0.29, 0.717) is 11.1 Å². The van der Waals surface area contributed by atoms with Crippen molar-refractivity contribution in [1.29, 1.82) is 0 Å². The molecule has 0 amide bonds. The summed E-state index contributed by atoms with van der Waals surface area (Å²) >= 11 is 0. The predicted molar refractivity (Wildman–Crippen MR) is 78.2 cm³/mol. The number of hydrogen-bond donors (Lipinski definition) is 0. The van der Waals surface area contributed by atoms with Gasteiger partial charge in [-0.2, -0.15) is 13.2 Å². The third kappa shape index (κ3) is 2.05. The molecular weight excluding hydrogens is 313 g/mol. The van der Waals surface area contributed by atoms with Crippen LogP contribution in [0.1, 0.15) is 27.5 Å². The molecule has 0 aromatic heterocycles. The van der Waals surface area contributed by atoms with Crippen molar-refractivity contribution in [2.75, 3.05) is 0 Å². The average Bonchev–Trinajstić information content (AvgIpc) is 2.69. The Balaban J connectivity index is 2.36. The SMILES string of the molecule is Cc1ccc2c(c1)C(S(=O)(=O)C(F)(F)F)c1cc(C)ccc1-2. The molecule has 0 saturated carbocycles. The van der Waals surface area contributed by atoms with Gasteiger partial charge in [-0.1, -0.05) is 47.5 Å². The summed E-state index contributed by atoms with van der Waals surface area (Å²) in [5.41, 5.74) is -2.31. The molecule has 0 atom stereocenters. The highest BCUT2D eigenvalue weighted by Gasteiger charge is 2.54. The van der Waals surface area contributed by atoms with Crippen molar-refractivity contribution >= 4 is 9.84 Å². The molecule has 0 bridgehead atoms. The Labute approximate surface area is 126 Å². The molecule has 0 spiro atoms. The van der Waals surface area contributed by atoms with E-state index in [9.17, 15) is 21.6 Å². The molecule has 1 aliphatic carbocycles. The van der Waals surface area contributed by atoms with Gasteiger partial charge in [-0.15, -0.1) is 0 Å². The van der Waals surface area contributed by atoms with E-state index >= 15 is 0 Å². The van der Waals surface area contributed by atoms with Crippen LogP contribution in [-0.4, -0.2) is 13.9 Å². The largest absolute Gasteiger partial charge is 0.498 e. The Kier molecular flexibility index (Phi) is 3.15. The molecule has 3 rings (SSSR count). The molecule has 0 radical (unpaired) electrons. The number of halogens is 3. The molecular formula is C16H13F3O2S. The first-order valence-corrected chi connectivity index (χ1v) is 8.19. The maximum absolute atomic E-state index is 13.1. The van der Waals surface area contributed by atoms with Crippen LogP contribution >= 0.6 is 0 Å². The molecule has 6 heteroatoms. The molecule has 0 aliphatic heterocycles. The zero-order valence-electron chi connectivity index (χ0n) is 11.9. The zero-order chi connectivity index (χ0) is 16.3. The fourth-order valence-corrected chi connectivity index (χ4v) is 4.25. The van der Waals surface area contributed by atoms with Gasteiger partial charge in [-0.3, -0.25) is 0 Å². The first-order chi connectivity index (χ1) is 10.1. The number of alkyl halides is 3. The van der Waals surface area contributed by atoms with Gasteiger partial charge in [-0.05, 0) is 36.1 Å². The summed E-state index contributed by atoms with van der Waals surface area (Å²) in [5, 5.41) is -1.68. The topological polar surface area (TPSA) is 34.1 Å². The van der Waals surface area contributed by atoms with E-state index < -0.39 is 20.6 Å². The van der Waals surface area contributed by atoms with Crippen LogP contribution in [-0.2, 0) is 9.84 Å². The monoisotopic (exact) mass is 326 g/mol. The van der Waals surface area contributed by atoms with E-state index in [1.807, 2.05) is 0 Å². The van der Waals surface area contributed by atoms with Crippen LogP contribution in [0.2, 0.25) is 0 Å². The van der Waals surface area contributed by atoms with Crippen molar-refractivity contribution in [2.24, 2.45) is 0 Å². The van der Waals surface area contributed by atoms with Crippen molar-refractivity contribution in [3.8, 4) is 11.1 Å².